The van der Waals surface area contributed by atoms with Crippen molar-refractivity contribution in [2.45, 2.75) is 13.0 Å². The zero-order chi connectivity index (χ0) is 10.6. The Kier molecular flexibility index (Phi) is 4.37. The molecule has 0 radical (unpaired) electrons. The topological polar surface area (TPSA) is 65.2 Å². The Balaban J connectivity index is 2.72. The van der Waals surface area contributed by atoms with Crippen LogP contribution in [0.5, 0.6) is 0 Å². The van der Waals surface area contributed by atoms with E-state index in [-0.39, 0.29) is 6.04 Å². The van der Waals surface area contributed by atoms with Gasteiger partial charge in [-0.15, -0.1) is 11.3 Å². The summed E-state index contributed by atoms with van der Waals surface area (Å²) in [6.07, 6.45) is 0. The second-order valence-corrected chi connectivity index (χ2v) is 3.84. The molecule has 78 valence electrons. The van der Waals surface area contributed by atoms with E-state index in [2.05, 4.69) is 17.6 Å². The first kappa shape index (κ1) is 11.5. The summed E-state index contributed by atoms with van der Waals surface area (Å²) in [6.45, 7) is 2.11. The van der Waals surface area contributed by atoms with E-state index in [0.29, 0.717) is 23.1 Å². The van der Waals surface area contributed by atoms with Crippen molar-refractivity contribution in [1.29, 1.82) is 0 Å². The van der Waals surface area contributed by atoms with E-state index in [1.807, 2.05) is 0 Å². The molecule has 0 aliphatic heterocycles. The highest BCUT2D eigenvalue weighted by Gasteiger charge is 2.14. The number of nitrogens with two attached hydrogens (primary N) is 1. The van der Waals surface area contributed by atoms with Gasteiger partial charge in [-0.2, -0.15) is 12.6 Å². The number of thiazole rings is 1. The van der Waals surface area contributed by atoms with Gasteiger partial charge >= 0.3 is 5.97 Å². The molecule has 6 heteroatoms. The van der Waals surface area contributed by atoms with E-state index in [1.54, 1.807) is 12.3 Å². The summed E-state index contributed by atoms with van der Waals surface area (Å²) < 4.78 is 4.80. The van der Waals surface area contributed by atoms with Gasteiger partial charge in [0, 0.05) is 11.1 Å². The number of aromatic nitrogens is 1. The van der Waals surface area contributed by atoms with E-state index in [4.69, 9.17) is 10.5 Å². The van der Waals surface area contributed by atoms with Crippen LogP contribution in [0, 0.1) is 0 Å². The summed E-state index contributed by atoms with van der Waals surface area (Å²) in [7, 11) is 0. The number of esters is 1. The molecule has 4 nitrogen and oxygen atoms in total. The van der Waals surface area contributed by atoms with E-state index in [0.717, 1.165) is 0 Å². The summed E-state index contributed by atoms with van der Waals surface area (Å²) in [5, 5.41) is 2.36. The van der Waals surface area contributed by atoms with Crippen molar-refractivity contribution in [3.05, 3.63) is 16.1 Å². The molecule has 1 heterocycles. The van der Waals surface area contributed by atoms with Gasteiger partial charge < -0.3 is 10.5 Å². The van der Waals surface area contributed by atoms with Crippen molar-refractivity contribution in [2.75, 3.05) is 12.4 Å². The van der Waals surface area contributed by atoms with Gasteiger partial charge in [-0.25, -0.2) is 9.78 Å². The molecule has 0 saturated carbocycles. The normalized spacial score (nSPS) is 12.5. The first-order valence-electron chi connectivity index (χ1n) is 4.18. The lowest BCUT2D eigenvalue weighted by Crippen LogP contribution is -2.12. The van der Waals surface area contributed by atoms with Crippen LogP contribution >= 0.6 is 24.0 Å². The zero-order valence-corrected chi connectivity index (χ0v) is 9.48. The lowest BCUT2D eigenvalue weighted by Gasteiger charge is -2.01. The van der Waals surface area contributed by atoms with Gasteiger partial charge in [0.15, 0.2) is 5.69 Å². The van der Waals surface area contributed by atoms with Gasteiger partial charge in [0.2, 0.25) is 0 Å². The van der Waals surface area contributed by atoms with Crippen molar-refractivity contribution in [3.63, 3.8) is 0 Å². The van der Waals surface area contributed by atoms with Crippen LogP contribution < -0.4 is 5.73 Å². The Labute approximate surface area is 91.9 Å². The molecule has 0 fully saturated rings. The largest absolute Gasteiger partial charge is 0.461 e. The molecule has 0 unspecified atom stereocenters. The fourth-order valence-corrected chi connectivity index (χ4v) is 1.92. The average molecular weight is 232 g/mol. The molecule has 1 rings (SSSR count). The molecule has 1 aromatic heterocycles. The summed E-state index contributed by atoms with van der Waals surface area (Å²) in [4.78, 5) is 15.3. The van der Waals surface area contributed by atoms with Crippen LogP contribution in [-0.4, -0.2) is 23.3 Å². The third kappa shape index (κ3) is 2.70. The smallest absolute Gasteiger partial charge is 0.357 e. The molecule has 0 bridgehead atoms. The molecule has 0 saturated heterocycles. The summed E-state index contributed by atoms with van der Waals surface area (Å²) in [5.41, 5.74) is 6.02. The maximum absolute atomic E-state index is 11.2. The van der Waals surface area contributed by atoms with Gasteiger partial charge in [-0.3, -0.25) is 0 Å². The number of thiol groups is 1. The molecule has 1 aromatic rings. The van der Waals surface area contributed by atoms with Crippen molar-refractivity contribution in [1.82, 2.24) is 4.98 Å². The third-order valence-corrected chi connectivity index (χ3v) is 2.89. The fraction of sp³-hybridized carbons (Fsp3) is 0.500. The molecule has 0 aromatic carbocycles. The van der Waals surface area contributed by atoms with Crippen LogP contribution in [0.1, 0.15) is 28.5 Å². The monoisotopic (exact) mass is 232 g/mol. The second kappa shape index (κ2) is 5.33. The van der Waals surface area contributed by atoms with Gasteiger partial charge in [-0.1, -0.05) is 0 Å². The molecule has 2 N–H and O–H groups in total. The van der Waals surface area contributed by atoms with Crippen LogP contribution in [0.4, 0.5) is 0 Å². The minimum absolute atomic E-state index is 0.216. The fourth-order valence-electron chi connectivity index (χ4n) is 0.835. The van der Waals surface area contributed by atoms with Crippen molar-refractivity contribution in [2.24, 2.45) is 5.73 Å². The SMILES string of the molecule is CCOC(=O)c1csc([C@@H](N)CS)n1. The lowest BCUT2D eigenvalue weighted by molar-refractivity contribution is 0.0520. The number of hydrogen-bond donors (Lipinski definition) is 2. The van der Waals surface area contributed by atoms with Crippen molar-refractivity contribution >= 4 is 29.9 Å². The summed E-state index contributed by atoms with van der Waals surface area (Å²) >= 11 is 5.41. The predicted octanol–water partition coefficient (Wildman–Crippen LogP) is 1.25. The first-order valence-corrected chi connectivity index (χ1v) is 5.69. The standard InChI is InChI=1S/C8H12N2O2S2/c1-2-12-8(11)6-4-14-7(10-6)5(9)3-13/h4-5,13H,2-3,9H2,1H3/t5-/m0/s1. The van der Waals surface area contributed by atoms with E-state index >= 15 is 0 Å². The minimum Gasteiger partial charge on any atom is -0.461 e. The Morgan fingerprint density at radius 2 is 2.57 bits per heavy atom. The second-order valence-electron chi connectivity index (χ2n) is 2.58. The van der Waals surface area contributed by atoms with Gasteiger partial charge in [-0.05, 0) is 6.92 Å². The lowest BCUT2D eigenvalue weighted by atomic mass is 10.4. The Morgan fingerprint density at radius 3 is 3.14 bits per heavy atom. The van der Waals surface area contributed by atoms with Crippen LogP contribution in [0.25, 0.3) is 0 Å². The minimum atomic E-state index is -0.402. The van der Waals surface area contributed by atoms with Crippen LogP contribution in [0.2, 0.25) is 0 Å². The highest BCUT2D eigenvalue weighted by atomic mass is 32.1. The average Bonchev–Trinajstić information content (AvgIpc) is 2.66. The number of hydrogen-bond acceptors (Lipinski definition) is 6. The molecular formula is C8H12N2O2S2. The quantitative estimate of drug-likeness (QED) is 0.605. The molecule has 0 aliphatic rings. The molecule has 0 aliphatic carbocycles. The van der Waals surface area contributed by atoms with Gasteiger partial charge in [0.1, 0.15) is 5.01 Å². The van der Waals surface area contributed by atoms with Crippen molar-refractivity contribution < 1.29 is 9.53 Å². The summed E-state index contributed by atoms with van der Waals surface area (Å²) in [5.74, 6) is 0.108. The number of carbonyl (C=O) groups is 1. The van der Waals surface area contributed by atoms with Crippen LogP contribution in [-0.2, 0) is 4.74 Å². The number of carbonyl (C=O) groups excluding carboxylic acids is 1. The molecule has 0 amide bonds. The third-order valence-electron chi connectivity index (χ3n) is 1.52. The predicted molar refractivity (Wildman–Crippen MR) is 58.9 cm³/mol. The number of rotatable bonds is 4. The Hall–Kier alpha value is -0.590. The molecule has 14 heavy (non-hydrogen) atoms. The Morgan fingerprint density at radius 1 is 1.86 bits per heavy atom. The number of nitrogens with zero attached hydrogens (tertiary/aromatic N) is 1. The first-order chi connectivity index (χ1) is 6.69. The number of ether oxygens (including phenoxy) is 1. The highest BCUT2D eigenvalue weighted by Crippen LogP contribution is 2.17. The Bertz CT molecular complexity index is 314. The molecule has 0 spiro atoms. The maximum atomic E-state index is 11.2. The van der Waals surface area contributed by atoms with Gasteiger partial charge in [0.25, 0.3) is 0 Å². The van der Waals surface area contributed by atoms with Gasteiger partial charge in [0.05, 0.1) is 12.6 Å². The molecular weight excluding hydrogens is 220 g/mol. The van der Waals surface area contributed by atoms with E-state index in [9.17, 15) is 4.79 Å². The van der Waals surface area contributed by atoms with Crippen LogP contribution in [0.15, 0.2) is 5.38 Å². The van der Waals surface area contributed by atoms with E-state index in [1.165, 1.54) is 11.3 Å². The van der Waals surface area contributed by atoms with Crippen LogP contribution in [0.3, 0.4) is 0 Å². The van der Waals surface area contributed by atoms with E-state index < -0.39 is 5.97 Å². The zero-order valence-electron chi connectivity index (χ0n) is 7.77. The maximum Gasteiger partial charge on any atom is 0.357 e. The summed E-state index contributed by atoms with van der Waals surface area (Å²) in [6, 6.07) is -0.216. The highest BCUT2D eigenvalue weighted by molar-refractivity contribution is 7.80. The van der Waals surface area contributed by atoms with Crippen molar-refractivity contribution in [3.8, 4) is 0 Å². The molecule has 1 atom stereocenters.